The number of rotatable bonds is 3. The summed E-state index contributed by atoms with van der Waals surface area (Å²) in [5.74, 6) is -0.120. The van der Waals surface area contributed by atoms with Crippen molar-refractivity contribution in [1.82, 2.24) is 30.2 Å². The number of amides is 1. The van der Waals surface area contributed by atoms with Crippen LogP contribution in [-0.2, 0) is 0 Å². The molecular formula is C12H11N7O. The summed E-state index contributed by atoms with van der Waals surface area (Å²) in [7, 11) is 0. The Balaban J connectivity index is 1.88. The first-order chi connectivity index (χ1) is 9.74. The van der Waals surface area contributed by atoms with Gasteiger partial charge in [0.1, 0.15) is 6.33 Å². The predicted molar refractivity (Wildman–Crippen MR) is 70.4 cm³/mol. The minimum Gasteiger partial charge on any atom is -0.289 e. The second-order valence-electron chi connectivity index (χ2n) is 4.05. The van der Waals surface area contributed by atoms with Crippen LogP contribution in [0.2, 0.25) is 0 Å². The highest BCUT2D eigenvalue weighted by atomic mass is 16.2. The Bertz CT molecular complexity index is 718. The highest BCUT2D eigenvalue weighted by Crippen LogP contribution is 2.09. The van der Waals surface area contributed by atoms with Crippen molar-refractivity contribution in [1.29, 1.82) is 0 Å². The van der Waals surface area contributed by atoms with Crippen molar-refractivity contribution in [2.75, 3.05) is 5.32 Å². The maximum absolute atomic E-state index is 12.1. The Morgan fingerprint density at radius 1 is 1.25 bits per heavy atom. The lowest BCUT2D eigenvalue weighted by Crippen LogP contribution is -2.15. The second kappa shape index (κ2) is 4.92. The van der Waals surface area contributed by atoms with Crippen LogP contribution in [0.1, 0.15) is 16.2 Å². The molecule has 8 nitrogen and oxygen atoms in total. The van der Waals surface area contributed by atoms with Gasteiger partial charge in [-0.25, -0.2) is 5.10 Å². The van der Waals surface area contributed by atoms with E-state index in [1.807, 2.05) is 30.3 Å². The maximum atomic E-state index is 12.1. The molecule has 0 bridgehead atoms. The van der Waals surface area contributed by atoms with Crippen molar-refractivity contribution in [3.63, 3.8) is 0 Å². The summed E-state index contributed by atoms with van der Waals surface area (Å²) >= 11 is 0. The van der Waals surface area contributed by atoms with E-state index in [9.17, 15) is 4.79 Å². The Morgan fingerprint density at radius 2 is 2.05 bits per heavy atom. The molecule has 3 rings (SSSR count). The summed E-state index contributed by atoms with van der Waals surface area (Å²) in [6.45, 7) is 1.72. The van der Waals surface area contributed by atoms with E-state index in [1.54, 1.807) is 6.92 Å². The molecule has 1 amide bonds. The van der Waals surface area contributed by atoms with Gasteiger partial charge in [-0.15, -0.1) is 5.10 Å². The Kier molecular flexibility index (Phi) is 2.96. The number of nitrogens with zero attached hydrogens (tertiary/aromatic N) is 5. The molecule has 2 aromatic heterocycles. The Hall–Kier alpha value is -3.03. The quantitative estimate of drug-likeness (QED) is 0.737. The van der Waals surface area contributed by atoms with E-state index in [0.29, 0.717) is 5.69 Å². The first-order valence-corrected chi connectivity index (χ1v) is 5.90. The highest BCUT2D eigenvalue weighted by Gasteiger charge is 2.17. The average Bonchev–Trinajstić information content (AvgIpc) is 3.09. The number of aryl methyl sites for hydroxylation is 1. The highest BCUT2D eigenvalue weighted by molar-refractivity contribution is 6.02. The maximum Gasteiger partial charge on any atom is 0.280 e. The molecule has 100 valence electrons. The third-order valence-corrected chi connectivity index (χ3v) is 2.63. The van der Waals surface area contributed by atoms with Crippen LogP contribution in [0.5, 0.6) is 0 Å². The van der Waals surface area contributed by atoms with E-state index in [2.05, 4.69) is 30.7 Å². The molecule has 20 heavy (non-hydrogen) atoms. The summed E-state index contributed by atoms with van der Waals surface area (Å²) in [6, 6.07) is 9.37. The first kappa shape index (κ1) is 12.0. The number of para-hydroxylation sites is 1. The van der Waals surface area contributed by atoms with E-state index in [0.717, 1.165) is 5.69 Å². The van der Waals surface area contributed by atoms with Crippen molar-refractivity contribution in [2.45, 2.75) is 6.92 Å². The van der Waals surface area contributed by atoms with Gasteiger partial charge in [0.15, 0.2) is 5.69 Å². The van der Waals surface area contributed by atoms with Crippen LogP contribution in [0.4, 0.5) is 5.95 Å². The molecule has 2 N–H and O–H groups in total. The van der Waals surface area contributed by atoms with E-state index >= 15 is 0 Å². The molecule has 0 fully saturated rings. The lowest BCUT2D eigenvalue weighted by molar-refractivity contribution is 0.102. The minimum absolute atomic E-state index is 0.241. The van der Waals surface area contributed by atoms with Crippen LogP contribution in [0.3, 0.4) is 0 Å². The molecular weight excluding hydrogens is 258 g/mol. The number of anilines is 1. The fourth-order valence-electron chi connectivity index (χ4n) is 1.70. The molecule has 0 saturated heterocycles. The number of carbonyl (C=O) groups is 1. The van der Waals surface area contributed by atoms with Gasteiger partial charge < -0.3 is 0 Å². The zero-order valence-corrected chi connectivity index (χ0v) is 10.6. The van der Waals surface area contributed by atoms with E-state index < -0.39 is 0 Å². The van der Waals surface area contributed by atoms with Gasteiger partial charge in [0, 0.05) is 0 Å². The number of H-pyrrole nitrogens is 1. The topological polar surface area (TPSA) is 101 Å². The number of aromatic nitrogens is 6. The lowest BCUT2D eigenvalue weighted by atomic mass is 10.3. The van der Waals surface area contributed by atoms with E-state index in [-0.39, 0.29) is 17.5 Å². The molecule has 0 radical (unpaired) electrons. The molecule has 0 saturated carbocycles. The zero-order chi connectivity index (χ0) is 13.9. The van der Waals surface area contributed by atoms with E-state index in [4.69, 9.17) is 0 Å². The van der Waals surface area contributed by atoms with Crippen molar-refractivity contribution in [3.05, 3.63) is 48.0 Å². The molecule has 0 spiro atoms. The molecule has 8 heteroatoms. The third kappa shape index (κ3) is 2.26. The predicted octanol–water partition coefficient (Wildman–Crippen LogP) is 0.946. The second-order valence-corrected chi connectivity index (χ2v) is 4.05. The molecule has 3 aromatic rings. The van der Waals surface area contributed by atoms with Crippen molar-refractivity contribution in [3.8, 4) is 5.69 Å². The molecule has 2 heterocycles. The van der Waals surface area contributed by atoms with Gasteiger partial charge in [0.05, 0.1) is 11.4 Å². The number of carbonyl (C=O) groups excluding carboxylic acids is 1. The largest absolute Gasteiger partial charge is 0.289 e. The van der Waals surface area contributed by atoms with Crippen LogP contribution < -0.4 is 5.32 Å². The summed E-state index contributed by atoms with van der Waals surface area (Å²) < 4.78 is 0. The van der Waals surface area contributed by atoms with Gasteiger partial charge in [-0.2, -0.15) is 20.0 Å². The number of nitrogens with one attached hydrogen (secondary N) is 2. The summed E-state index contributed by atoms with van der Waals surface area (Å²) in [5.41, 5.74) is 1.56. The standard InChI is InChI=1S/C12H11N7O/c1-8-10(11(20)15-12-13-7-14-16-12)18-19(17-8)9-5-3-2-4-6-9/h2-7H,1H3,(H2,13,14,15,16,20). The summed E-state index contributed by atoms with van der Waals surface area (Å²) in [5, 5.41) is 17.2. The van der Waals surface area contributed by atoms with Gasteiger partial charge in [0.25, 0.3) is 5.91 Å². The summed E-state index contributed by atoms with van der Waals surface area (Å²) in [4.78, 5) is 17.3. The number of aromatic amines is 1. The van der Waals surface area contributed by atoms with Crippen LogP contribution in [0, 0.1) is 6.92 Å². The molecule has 0 atom stereocenters. The smallest absolute Gasteiger partial charge is 0.280 e. The molecule has 0 aliphatic heterocycles. The van der Waals surface area contributed by atoms with Crippen LogP contribution >= 0.6 is 0 Å². The van der Waals surface area contributed by atoms with Gasteiger partial charge in [-0.1, -0.05) is 18.2 Å². The normalized spacial score (nSPS) is 10.4. The van der Waals surface area contributed by atoms with Gasteiger partial charge in [-0.3, -0.25) is 10.1 Å². The minimum atomic E-state index is -0.388. The lowest BCUT2D eigenvalue weighted by Gasteiger charge is -1.98. The number of benzene rings is 1. The average molecular weight is 269 g/mol. The monoisotopic (exact) mass is 269 g/mol. The molecule has 1 aromatic carbocycles. The Labute approximate surface area is 113 Å². The van der Waals surface area contributed by atoms with Crippen LogP contribution in [0.15, 0.2) is 36.7 Å². The fourth-order valence-corrected chi connectivity index (χ4v) is 1.70. The van der Waals surface area contributed by atoms with Crippen molar-refractivity contribution >= 4 is 11.9 Å². The first-order valence-electron chi connectivity index (χ1n) is 5.90. The number of hydrogen-bond acceptors (Lipinski definition) is 5. The fraction of sp³-hybridized carbons (Fsp3) is 0.0833. The van der Waals surface area contributed by atoms with Crippen LogP contribution in [-0.4, -0.2) is 36.1 Å². The van der Waals surface area contributed by atoms with Crippen LogP contribution in [0.25, 0.3) is 5.69 Å². The molecule has 0 unspecified atom stereocenters. The third-order valence-electron chi connectivity index (χ3n) is 2.63. The van der Waals surface area contributed by atoms with Gasteiger partial charge in [0.2, 0.25) is 5.95 Å². The van der Waals surface area contributed by atoms with Crippen molar-refractivity contribution in [2.24, 2.45) is 0 Å². The molecule has 0 aliphatic rings. The Morgan fingerprint density at radius 3 is 2.75 bits per heavy atom. The zero-order valence-electron chi connectivity index (χ0n) is 10.6. The van der Waals surface area contributed by atoms with Gasteiger partial charge >= 0.3 is 0 Å². The van der Waals surface area contributed by atoms with Crippen molar-refractivity contribution < 1.29 is 4.79 Å². The number of hydrogen-bond donors (Lipinski definition) is 2. The van der Waals surface area contributed by atoms with E-state index in [1.165, 1.54) is 11.1 Å². The SMILES string of the molecule is Cc1nn(-c2ccccc2)nc1C(=O)Nc1ncn[nH]1. The summed E-state index contributed by atoms with van der Waals surface area (Å²) in [6.07, 6.45) is 1.31. The van der Waals surface area contributed by atoms with Gasteiger partial charge in [-0.05, 0) is 19.1 Å². The molecule has 0 aliphatic carbocycles.